The Kier molecular flexibility index (Phi) is 6.71. The maximum absolute atomic E-state index is 13.6. The van der Waals surface area contributed by atoms with E-state index >= 15 is 0 Å². The van der Waals surface area contributed by atoms with E-state index in [9.17, 15) is 4.79 Å². The number of rotatable bonds is 5. The van der Waals surface area contributed by atoms with E-state index in [1.807, 2.05) is 18.5 Å². The molecular formula is C23H29Cl2N5O2. The lowest BCUT2D eigenvalue weighted by atomic mass is 9.90. The van der Waals surface area contributed by atoms with Crippen LogP contribution < -0.4 is 0 Å². The Bertz CT molecular complexity index is 934. The number of nitrogens with zero attached hydrogens (tertiary/aromatic N) is 4. The summed E-state index contributed by atoms with van der Waals surface area (Å²) >= 11 is 12.3. The van der Waals surface area contributed by atoms with Crippen molar-refractivity contribution in [2.75, 3.05) is 39.4 Å². The van der Waals surface area contributed by atoms with Gasteiger partial charge in [0.2, 0.25) is 5.91 Å². The number of amides is 1. The van der Waals surface area contributed by atoms with Crippen molar-refractivity contribution >= 4 is 29.1 Å². The number of benzene rings is 1. The molecule has 5 rings (SSSR count). The van der Waals surface area contributed by atoms with E-state index in [2.05, 4.69) is 24.9 Å². The molecular weight excluding hydrogens is 449 g/mol. The number of piperazine rings is 1. The van der Waals surface area contributed by atoms with Gasteiger partial charge in [0.15, 0.2) is 0 Å². The first-order valence-electron chi connectivity index (χ1n) is 11.4. The minimum atomic E-state index is 0.109. The number of nitrogens with one attached hydrogen (secondary N) is 1. The molecule has 0 bridgehead atoms. The zero-order valence-corrected chi connectivity index (χ0v) is 19.6. The Morgan fingerprint density at radius 1 is 1.06 bits per heavy atom. The lowest BCUT2D eigenvalue weighted by molar-refractivity contribution is -0.153. The third kappa shape index (κ3) is 4.54. The highest BCUT2D eigenvalue weighted by Gasteiger charge is 2.47. The average molecular weight is 478 g/mol. The molecule has 0 spiro atoms. The van der Waals surface area contributed by atoms with Crippen molar-refractivity contribution in [3.8, 4) is 0 Å². The van der Waals surface area contributed by atoms with Crippen molar-refractivity contribution in [2.24, 2.45) is 0 Å². The lowest BCUT2D eigenvalue weighted by Crippen LogP contribution is -2.71. The van der Waals surface area contributed by atoms with Gasteiger partial charge in [-0.15, -0.1) is 0 Å². The zero-order chi connectivity index (χ0) is 22.1. The number of aromatic nitrogens is 2. The molecule has 32 heavy (non-hydrogen) atoms. The fraction of sp³-hybridized carbons (Fsp3) is 0.565. The SMILES string of the molecule is O=C(Cc1ccc(Cl)c(Cl)c1)N1CCN(Cc2cn[nH]c2)C2COCC(N3CCCC3)[C@H]21. The number of aromatic amines is 1. The highest BCUT2D eigenvalue weighted by atomic mass is 35.5. The predicted octanol–water partition coefficient (Wildman–Crippen LogP) is 2.84. The Morgan fingerprint density at radius 3 is 2.62 bits per heavy atom. The average Bonchev–Trinajstić information content (AvgIpc) is 3.50. The van der Waals surface area contributed by atoms with E-state index in [-0.39, 0.29) is 24.0 Å². The summed E-state index contributed by atoms with van der Waals surface area (Å²) in [6.45, 7) is 5.81. The van der Waals surface area contributed by atoms with Crippen LogP contribution in [0.3, 0.4) is 0 Å². The number of H-pyrrole nitrogens is 1. The third-order valence-corrected chi connectivity index (χ3v) is 7.77. The second-order valence-electron chi connectivity index (χ2n) is 9.00. The molecule has 2 unspecified atom stereocenters. The van der Waals surface area contributed by atoms with Crippen LogP contribution in [-0.2, 0) is 22.5 Å². The monoisotopic (exact) mass is 477 g/mol. The summed E-state index contributed by atoms with van der Waals surface area (Å²) in [6.07, 6.45) is 6.57. The molecule has 1 aromatic heterocycles. The van der Waals surface area contributed by atoms with Gasteiger partial charge in [-0.05, 0) is 43.6 Å². The molecule has 3 aliphatic heterocycles. The number of halogens is 2. The van der Waals surface area contributed by atoms with Gasteiger partial charge in [0.05, 0.1) is 54.0 Å². The lowest BCUT2D eigenvalue weighted by Gasteiger charge is -2.54. The molecule has 3 fully saturated rings. The first kappa shape index (κ1) is 22.2. The molecule has 4 heterocycles. The van der Waals surface area contributed by atoms with Crippen LogP contribution in [0.2, 0.25) is 10.0 Å². The molecule has 1 amide bonds. The topological polar surface area (TPSA) is 64.7 Å². The summed E-state index contributed by atoms with van der Waals surface area (Å²) in [5, 5.41) is 8.00. The van der Waals surface area contributed by atoms with Crippen molar-refractivity contribution < 1.29 is 9.53 Å². The van der Waals surface area contributed by atoms with Gasteiger partial charge in [-0.2, -0.15) is 5.10 Å². The Morgan fingerprint density at radius 2 is 1.88 bits per heavy atom. The van der Waals surface area contributed by atoms with Crippen molar-refractivity contribution in [1.82, 2.24) is 24.9 Å². The molecule has 0 saturated carbocycles. The predicted molar refractivity (Wildman–Crippen MR) is 124 cm³/mol. The van der Waals surface area contributed by atoms with E-state index in [4.69, 9.17) is 27.9 Å². The summed E-state index contributed by atoms with van der Waals surface area (Å²) in [4.78, 5) is 20.7. The van der Waals surface area contributed by atoms with Crippen LogP contribution in [0.15, 0.2) is 30.6 Å². The van der Waals surface area contributed by atoms with Gasteiger partial charge in [0.1, 0.15) is 0 Å². The molecule has 172 valence electrons. The van der Waals surface area contributed by atoms with Crippen molar-refractivity contribution in [1.29, 1.82) is 0 Å². The van der Waals surface area contributed by atoms with Crippen molar-refractivity contribution in [3.05, 3.63) is 51.8 Å². The minimum Gasteiger partial charge on any atom is -0.378 e. The van der Waals surface area contributed by atoms with Crippen LogP contribution in [-0.4, -0.2) is 88.3 Å². The molecule has 3 saturated heterocycles. The second kappa shape index (κ2) is 9.69. The van der Waals surface area contributed by atoms with Crippen LogP contribution in [0.1, 0.15) is 24.0 Å². The van der Waals surface area contributed by atoms with Gasteiger partial charge < -0.3 is 9.64 Å². The summed E-state index contributed by atoms with van der Waals surface area (Å²) in [5.74, 6) is 0.146. The van der Waals surface area contributed by atoms with Crippen LogP contribution in [0.5, 0.6) is 0 Å². The van der Waals surface area contributed by atoms with Crippen LogP contribution in [0.4, 0.5) is 0 Å². The van der Waals surface area contributed by atoms with E-state index < -0.39 is 0 Å². The van der Waals surface area contributed by atoms with Gasteiger partial charge in [-0.3, -0.25) is 19.7 Å². The fourth-order valence-electron chi connectivity index (χ4n) is 5.46. The second-order valence-corrected chi connectivity index (χ2v) is 9.81. The number of likely N-dealkylation sites (tertiary alicyclic amines) is 1. The number of hydrogen-bond acceptors (Lipinski definition) is 5. The summed E-state index contributed by atoms with van der Waals surface area (Å²) in [5.41, 5.74) is 2.05. The normalized spacial score (nSPS) is 26.9. The molecule has 3 atom stereocenters. The number of ether oxygens (including phenoxy) is 1. The maximum atomic E-state index is 13.6. The zero-order valence-electron chi connectivity index (χ0n) is 18.1. The number of carbonyl (C=O) groups is 1. The highest BCUT2D eigenvalue weighted by molar-refractivity contribution is 6.42. The smallest absolute Gasteiger partial charge is 0.227 e. The summed E-state index contributed by atoms with van der Waals surface area (Å²) < 4.78 is 6.11. The van der Waals surface area contributed by atoms with Crippen LogP contribution in [0, 0.1) is 0 Å². The number of fused-ring (bicyclic) bond motifs is 1. The maximum Gasteiger partial charge on any atom is 0.227 e. The van der Waals surface area contributed by atoms with Gasteiger partial charge in [-0.1, -0.05) is 29.3 Å². The molecule has 1 N–H and O–H groups in total. The Labute approximate surface area is 198 Å². The number of hydrogen-bond donors (Lipinski definition) is 1. The Hall–Kier alpha value is -1.64. The summed E-state index contributed by atoms with van der Waals surface area (Å²) in [6, 6.07) is 5.95. The van der Waals surface area contributed by atoms with Gasteiger partial charge in [0, 0.05) is 31.4 Å². The van der Waals surface area contributed by atoms with Crippen LogP contribution in [0.25, 0.3) is 0 Å². The largest absolute Gasteiger partial charge is 0.378 e. The van der Waals surface area contributed by atoms with E-state index in [1.165, 1.54) is 12.8 Å². The highest BCUT2D eigenvalue weighted by Crippen LogP contribution is 2.31. The molecule has 1 aromatic carbocycles. The van der Waals surface area contributed by atoms with E-state index in [0.29, 0.717) is 36.2 Å². The van der Waals surface area contributed by atoms with Crippen LogP contribution >= 0.6 is 23.2 Å². The molecule has 3 aliphatic rings. The minimum absolute atomic E-state index is 0.109. The molecule has 0 radical (unpaired) electrons. The Balaban J connectivity index is 1.39. The molecule has 0 aliphatic carbocycles. The summed E-state index contributed by atoms with van der Waals surface area (Å²) in [7, 11) is 0. The fourth-order valence-corrected chi connectivity index (χ4v) is 5.78. The quantitative estimate of drug-likeness (QED) is 0.716. The first-order chi connectivity index (χ1) is 15.6. The van der Waals surface area contributed by atoms with Crippen molar-refractivity contribution in [3.63, 3.8) is 0 Å². The standard InChI is InChI=1S/C23H29Cl2N5O2/c24-18-4-3-16(9-19(18)25)10-22(31)30-8-7-29(13-17-11-26-27-12-17)21-15-32-14-20(23(21)30)28-5-1-2-6-28/h3-4,9,11-12,20-21,23H,1-2,5-8,10,13-15H2,(H,26,27)/t20?,21?,23-/m1/s1. The van der Waals surface area contributed by atoms with E-state index in [1.54, 1.807) is 12.1 Å². The molecule has 9 heteroatoms. The van der Waals surface area contributed by atoms with Gasteiger partial charge in [0.25, 0.3) is 0 Å². The van der Waals surface area contributed by atoms with E-state index in [0.717, 1.165) is 37.3 Å². The van der Waals surface area contributed by atoms with Gasteiger partial charge >= 0.3 is 0 Å². The van der Waals surface area contributed by atoms with Crippen molar-refractivity contribution in [2.45, 2.75) is 43.9 Å². The van der Waals surface area contributed by atoms with Gasteiger partial charge in [-0.25, -0.2) is 0 Å². The molecule has 7 nitrogen and oxygen atoms in total. The first-order valence-corrected chi connectivity index (χ1v) is 12.1. The number of carbonyl (C=O) groups excluding carboxylic acids is 1. The molecule has 2 aromatic rings. The third-order valence-electron chi connectivity index (χ3n) is 7.03.